The van der Waals surface area contributed by atoms with Crippen molar-refractivity contribution in [3.8, 4) is 0 Å². The highest BCUT2D eigenvalue weighted by Crippen LogP contribution is 2.70. The molecular formula is C33H33F5O2S. The second kappa shape index (κ2) is 10.1. The van der Waals surface area contributed by atoms with Gasteiger partial charge < -0.3 is 5.11 Å². The van der Waals surface area contributed by atoms with Gasteiger partial charge in [0.15, 0.2) is 5.78 Å². The van der Waals surface area contributed by atoms with Crippen LogP contribution in [0.2, 0.25) is 0 Å². The van der Waals surface area contributed by atoms with Gasteiger partial charge in [-0.25, -0.2) is 0 Å². The molecule has 6 rings (SSSR count). The number of hydrogen-bond acceptors (Lipinski definition) is 3. The van der Waals surface area contributed by atoms with E-state index in [1.807, 2.05) is 42.5 Å². The van der Waals surface area contributed by atoms with Crippen LogP contribution in [-0.2, 0) is 10.5 Å². The van der Waals surface area contributed by atoms with Gasteiger partial charge in [0.05, 0.1) is 0 Å². The summed E-state index contributed by atoms with van der Waals surface area (Å²) < 4.78 is 71.5. The standard InChI is InChI=1S/C33H33F5O2S/c1-30-18-27(21-7-11-24(12-8-21)41-19-20-5-3-2-4-6-20)29-25-14-10-23(39)17-22(25)9-13-26(29)28(30)15-16-31(30,40)32(34,35)33(36,37)38/h2-8,11-12,17,26-28,40H,9-10,13-16,18-19H2,1H3/t26-,27?,28-,30-,31?/m0/s1. The number of carbonyl (C=O) groups excluding carboxylic acids is 1. The number of benzene rings is 2. The van der Waals surface area contributed by atoms with Crippen LogP contribution in [-0.4, -0.2) is 28.6 Å². The highest BCUT2D eigenvalue weighted by atomic mass is 32.2. The molecule has 5 atom stereocenters. The zero-order chi connectivity index (χ0) is 29.2. The maximum atomic E-state index is 15.1. The van der Waals surface area contributed by atoms with Crippen LogP contribution in [0, 0.1) is 17.3 Å². The second-order valence-corrected chi connectivity index (χ2v) is 13.4. The summed E-state index contributed by atoms with van der Waals surface area (Å²) in [4.78, 5) is 13.3. The first-order valence-electron chi connectivity index (χ1n) is 14.3. The molecule has 2 aromatic carbocycles. The lowest BCUT2D eigenvalue weighted by Gasteiger charge is -2.56. The summed E-state index contributed by atoms with van der Waals surface area (Å²) in [6.45, 7) is 1.46. The van der Waals surface area contributed by atoms with E-state index in [1.165, 1.54) is 12.5 Å². The summed E-state index contributed by atoms with van der Waals surface area (Å²) in [5, 5.41) is 11.4. The molecular weight excluding hydrogens is 555 g/mol. The third kappa shape index (κ3) is 4.51. The number of allylic oxidation sites excluding steroid dienone is 4. The van der Waals surface area contributed by atoms with E-state index in [0.29, 0.717) is 25.7 Å². The minimum absolute atomic E-state index is 0.00704. The molecule has 0 amide bonds. The van der Waals surface area contributed by atoms with Crippen molar-refractivity contribution in [2.45, 2.75) is 86.1 Å². The zero-order valence-electron chi connectivity index (χ0n) is 22.8. The number of halogens is 5. The average molecular weight is 589 g/mol. The minimum atomic E-state index is -5.85. The number of thioether (sulfide) groups is 1. The second-order valence-electron chi connectivity index (χ2n) is 12.3. The number of fused-ring (bicyclic) bond motifs is 4. The van der Waals surface area contributed by atoms with E-state index in [0.717, 1.165) is 32.9 Å². The molecule has 2 fully saturated rings. The fraction of sp³-hybridized carbons (Fsp3) is 0.485. The van der Waals surface area contributed by atoms with E-state index in [2.05, 4.69) is 12.1 Å². The van der Waals surface area contributed by atoms with Crippen molar-refractivity contribution >= 4 is 17.5 Å². The van der Waals surface area contributed by atoms with Gasteiger partial charge in [-0.1, -0.05) is 55.0 Å². The van der Waals surface area contributed by atoms with Crippen molar-refractivity contribution in [2.75, 3.05) is 0 Å². The van der Waals surface area contributed by atoms with Crippen LogP contribution in [0.1, 0.15) is 68.9 Å². The van der Waals surface area contributed by atoms with Crippen LogP contribution in [0.15, 0.2) is 82.3 Å². The van der Waals surface area contributed by atoms with E-state index in [-0.39, 0.29) is 24.5 Å². The molecule has 2 unspecified atom stereocenters. The summed E-state index contributed by atoms with van der Waals surface area (Å²) in [5.41, 5.74) is 0.338. The Labute approximate surface area is 241 Å². The van der Waals surface area contributed by atoms with E-state index in [4.69, 9.17) is 0 Å². The molecule has 1 N–H and O–H groups in total. The molecule has 0 radical (unpaired) electrons. The van der Waals surface area contributed by atoms with Crippen molar-refractivity contribution in [1.82, 2.24) is 0 Å². The number of alkyl halides is 5. The molecule has 4 aliphatic rings. The van der Waals surface area contributed by atoms with Crippen molar-refractivity contribution in [1.29, 1.82) is 0 Å². The van der Waals surface area contributed by atoms with Gasteiger partial charge >= 0.3 is 12.1 Å². The minimum Gasteiger partial charge on any atom is -0.383 e. The zero-order valence-corrected chi connectivity index (χ0v) is 23.6. The lowest BCUT2D eigenvalue weighted by atomic mass is 9.50. The molecule has 0 heterocycles. The molecule has 0 aliphatic heterocycles. The van der Waals surface area contributed by atoms with Crippen LogP contribution >= 0.6 is 11.8 Å². The van der Waals surface area contributed by atoms with Crippen molar-refractivity contribution in [2.24, 2.45) is 17.3 Å². The van der Waals surface area contributed by atoms with E-state index in [1.54, 1.807) is 17.8 Å². The van der Waals surface area contributed by atoms with Crippen molar-refractivity contribution in [3.05, 3.63) is 88.5 Å². The largest absolute Gasteiger partial charge is 0.456 e. The Hall–Kier alpha value is -2.45. The van der Waals surface area contributed by atoms with E-state index in [9.17, 15) is 23.1 Å². The quantitative estimate of drug-likeness (QED) is 0.280. The molecule has 2 aromatic rings. The third-order valence-electron chi connectivity index (χ3n) is 10.3. The average Bonchev–Trinajstić information content (AvgIpc) is 3.23. The van der Waals surface area contributed by atoms with Crippen LogP contribution < -0.4 is 0 Å². The fourth-order valence-corrected chi connectivity index (χ4v) is 9.11. The third-order valence-corrected chi connectivity index (χ3v) is 11.4. The normalized spacial score (nSPS) is 31.8. The summed E-state index contributed by atoms with van der Waals surface area (Å²) in [6, 6.07) is 17.9. The smallest absolute Gasteiger partial charge is 0.383 e. The first-order valence-corrected chi connectivity index (χ1v) is 15.2. The molecule has 41 heavy (non-hydrogen) atoms. The Kier molecular flexibility index (Phi) is 7.04. The molecule has 0 aromatic heterocycles. The van der Waals surface area contributed by atoms with E-state index >= 15 is 8.78 Å². The van der Waals surface area contributed by atoms with Gasteiger partial charge in [-0.3, -0.25) is 4.79 Å². The van der Waals surface area contributed by atoms with Crippen LogP contribution in [0.5, 0.6) is 0 Å². The Bertz CT molecular complexity index is 1400. The predicted molar refractivity (Wildman–Crippen MR) is 149 cm³/mol. The van der Waals surface area contributed by atoms with Crippen LogP contribution in [0.3, 0.4) is 0 Å². The highest BCUT2D eigenvalue weighted by molar-refractivity contribution is 7.98. The van der Waals surface area contributed by atoms with E-state index < -0.39 is 41.4 Å². The number of ketones is 1. The van der Waals surface area contributed by atoms with Gasteiger partial charge in [-0.2, -0.15) is 22.0 Å². The number of rotatable bonds is 5. The Morgan fingerprint density at radius 3 is 2.34 bits per heavy atom. The summed E-state index contributed by atoms with van der Waals surface area (Å²) >= 11 is 1.67. The SMILES string of the molecule is C[C@]12CC(c3ccc(SCc4ccccc4)cc3)C3=C4CCC(=O)C=C4CC[C@H]3[C@@H]1CCC2(O)C(F)(F)C(F)(F)F. The molecule has 0 spiro atoms. The summed E-state index contributed by atoms with van der Waals surface area (Å²) in [5.74, 6) is -5.52. The van der Waals surface area contributed by atoms with Gasteiger partial charge in [0.2, 0.25) is 0 Å². The monoisotopic (exact) mass is 588 g/mol. The van der Waals surface area contributed by atoms with Gasteiger partial charge in [0, 0.05) is 28.4 Å². The van der Waals surface area contributed by atoms with Crippen LogP contribution in [0.4, 0.5) is 22.0 Å². The number of hydrogen-bond donors (Lipinski definition) is 1. The fourth-order valence-electron chi connectivity index (χ4n) is 8.25. The van der Waals surface area contributed by atoms with Crippen molar-refractivity contribution in [3.63, 3.8) is 0 Å². The maximum absolute atomic E-state index is 15.1. The molecule has 218 valence electrons. The summed E-state index contributed by atoms with van der Waals surface area (Å²) in [7, 11) is 0. The highest BCUT2D eigenvalue weighted by Gasteiger charge is 2.79. The lowest BCUT2D eigenvalue weighted by Crippen LogP contribution is -2.65. The maximum Gasteiger partial charge on any atom is 0.456 e. The Morgan fingerprint density at radius 2 is 1.66 bits per heavy atom. The molecule has 8 heteroatoms. The number of carbonyl (C=O) groups is 1. The molecule has 4 aliphatic carbocycles. The lowest BCUT2D eigenvalue weighted by molar-refractivity contribution is -0.362. The van der Waals surface area contributed by atoms with Gasteiger partial charge in [0.1, 0.15) is 5.60 Å². The number of aliphatic hydroxyl groups is 1. The van der Waals surface area contributed by atoms with Crippen LogP contribution in [0.25, 0.3) is 0 Å². The summed E-state index contributed by atoms with van der Waals surface area (Å²) in [6.07, 6.45) is -2.55. The molecule has 2 nitrogen and oxygen atoms in total. The van der Waals surface area contributed by atoms with Crippen molar-refractivity contribution < 1.29 is 31.9 Å². The molecule has 0 bridgehead atoms. The Balaban J connectivity index is 1.41. The first kappa shape index (κ1) is 28.7. The topological polar surface area (TPSA) is 37.3 Å². The first-order chi connectivity index (χ1) is 19.4. The Morgan fingerprint density at radius 1 is 0.951 bits per heavy atom. The molecule has 0 saturated heterocycles. The van der Waals surface area contributed by atoms with Gasteiger partial charge in [-0.05, 0) is 90.8 Å². The van der Waals surface area contributed by atoms with Gasteiger partial charge in [0.25, 0.3) is 0 Å². The van der Waals surface area contributed by atoms with Gasteiger partial charge in [-0.15, -0.1) is 11.8 Å². The predicted octanol–water partition coefficient (Wildman–Crippen LogP) is 8.81. The molecule has 2 saturated carbocycles.